The monoisotopic (exact) mass is 258 g/mol. The van der Waals surface area contributed by atoms with E-state index < -0.39 is 0 Å². The predicted octanol–water partition coefficient (Wildman–Crippen LogP) is 1.49. The minimum absolute atomic E-state index is 0.612. The summed E-state index contributed by atoms with van der Waals surface area (Å²) < 4.78 is 5.35. The molecule has 3 N–H and O–H groups in total. The van der Waals surface area contributed by atoms with E-state index in [1.807, 2.05) is 0 Å². The molecule has 1 fully saturated rings. The molecule has 0 saturated carbocycles. The van der Waals surface area contributed by atoms with E-state index in [1.165, 1.54) is 5.56 Å². The molecule has 0 aliphatic carbocycles. The second-order valence-electron chi connectivity index (χ2n) is 4.78. The number of hydrogen-bond donors (Lipinski definition) is 2. The molecule has 1 saturated heterocycles. The van der Waals surface area contributed by atoms with E-state index in [4.69, 9.17) is 10.5 Å². The van der Waals surface area contributed by atoms with Crippen molar-refractivity contribution in [3.63, 3.8) is 0 Å². The fourth-order valence-corrected chi connectivity index (χ4v) is 2.33. The number of nitrogens with two attached hydrogens (primary N) is 1. The Morgan fingerprint density at radius 1 is 1.21 bits per heavy atom. The van der Waals surface area contributed by atoms with Gasteiger partial charge in [0, 0.05) is 25.2 Å². The largest absolute Gasteiger partial charge is 0.384 e. The first kappa shape index (κ1) is 12.2. The van der Waals surface area contributed by atoms with Gasteiger partial charge in [0.1, 0.15) is 5.82 Å². The van der Waals surface area contributed by atoms with Crippen molar-refractivity contribution in [2.75, 3.05) is 32.0 Å². The van der Waals surface area contributed by atoms with Crippen molar-refractivity contribution in [1.82, 2.24) is 15.1 Å². The number of hydrogen-bond acceptors (Lipinski definition) is 4. The average molecular weight is 258 g/mol. The van der Waals surface area contributed by atoms with Gasteiger partial charge in [-0.1, -0.05) is 24.3 Å². The molecule has 1 aliphatic heterocycles. The first-order valence-corrected chi connectivity index (χ1v) is 6.51. The number of benzene rings is 1. The lowest BCUT2D eigenvalue weighted by molar-refractivity contribution is 0.0342. The van der Waals surface area contributed by atoms with Gasteiger partial charge in [-0.2, -0.15) is 5.10 Å². The smallest absolute Gasteiger partial charge is 0.126 e. The number of morpholine rings is 1. The summed E-state index contributed by atoms with van der Waals surface area (Å²) in [6.07, 6.45) is 1.76. The molecule has 0 unspecified atom stereocenters. The van der Waals surface area contributed by atoms with E-state index in [1.54, 1.807) is 6.20 Å². The van der Waals surface area contributed by atoms with Crippen LogP contribution in [0.4, 0.5) is 5.82 Å². The minimum atomic E-state index is 0.612. The number of H-pyrrole nitrogens is 1. The molecule has 1 aromatic carbocycles. The first-order valence-electron chi connectivity index (χ1n) is 6.51. The summed E-state index contributed by atoms with van der Waals surface area (Å²) in [7, 11) is 0. The number of rotatable bonds is 3. The number of aromatic nitrogens is 2. The molecule has 100 valence electrons. The summed E-state index contributed by atoms with van der Waals surface area (Å²) >= 11 is 0. The molecule has 0 bridgehead atoms. The second kappa shape index (κ2) is 5.42. The molecule has 1 aromatic heterocycles. The molecule has 0 atom stereocenters. The molecular weight excluding hydrogens is 240 g/mol. The third kappa shape index (κ3) is 2.77. The van der Waals surface area contributed by atoms with E-state index in [0.29, 0.717) is 5.82 Å². The van der Waals surface area contributed by atoms with Crippen molar-refractivity contribution < 1.29 is 4.74 Å². The number of nitrogens with one attached hydrogen (secondary N) is 1. The lowest BCUT2D eigenvalue weighted by Gasteiger charge is -2.26. The Kier molecular flexibility index (Phi) is 3.48. The summed E-state index contributed by atoms with van der Waals surface area (Å²) in [5.74, 6) is 0.612. The van der Waals surface area contributed by atoms with E-state index >= 15 is 0 Å². The highest BCUT2D eigenvalue weighted by Gasteiger charge is 2.11. The quantitative estimate of drug-likeness (QED) is 0.875. The van der Waals surface area contributed by atoms with Gasteiger partial charge >= 0.3 is 0 Å². The second-order valence-corrected chi connectivity index (χ2v) is 4.78. The first-order chi connectivity index (χ1) is 9.33. The fraction of sp³-hybridized carbons (Fsp3) is 0.357. The third-order valence-corrected chi connectivity index (χ3v) is 3.44. The Bertz CT molecular complexity index is 529. The molecule has 5 heteroatoms. The molecule has 0 amide bonds. The summed E-state index contributed by atoms with van der Waals surface area (Å²) in [5.41, 5.74) is 9.18. The van der Waals surface area contributed by atoms with Gasteiger partial charge in [0.2, 0.25) is 0 Å². The average Bonchev–Trinajstić information content (AvgIpc) is 2.87. The molecule has 19 heavy (non-hydrogen) atoms. The Morgan fingerprint density at radius 3 is 2.58 bits per heavy atom. The van der Waals surface area contributed by atoms with Crippen molar-refractivity contribution >= 4 is 5.82 Å². The topological polar surface area (TPSA) is 67.2 Å². The SMILES string of the molecule is Nc1[nH]ncc1-c1ccc(CN2CCOCC2)cc1. The maximum atomic E-state index is 5.82. The zero-order chi connectivity index (χ0) is 13.1. The maximum absolute atomic E-state index is 5.82. The summed E-state index contributed by atoms with van der Waals surface area (Å²) in [6.45, 7) is 4.67. The summed E-state index contributed by atoms with van der Waals surface area (Å²) in [6, 6.07) is 8.49. The third-order valence-electron chi connectivity index (χ3n) is 3.44. The molecule has 0 spiro atoms. The van der Waals surface area contributed by atoms with Crippen LogP contribution < -0.4 is 5.73 Å². The van der Waals surface area contributed by atoms with Crippen LogP contribution in [0.1, 0.15) is 5.56 Å². The van der Waals surface area contributed by atoms with Crippen LogP contribution in [-0.4, -0.2) is 41.4 Å². The highest BCUT2D eigenvalue weighted by molar-refractivity contribution is 5.72. The van der Waals surface area contributed by atoms with Gasteiger partial charge in [-0.25, -0.2) is 0 Å². The Morgan fingerprint density at radius 2 is 1.95 bits per heavy atom. The van der Waals surface area contributed by atoms with Crippen LogP contribution in [0, 0.1) is 0 Å². The van der Waals surface area contributed by atoms with Gasteiger partial charge in [-0.15, -0.1) is 0 Å². The van der Waals surface area contributed by atoms with Gasteiger partial charge in [0.25, 0.3) is 0 Å². The Hall–Kier alpha value is -1.85. The highest BCUT2D eigenvalue weighted by atomic mass is 16.5. The number of anilines is 1. The lowest BCUT2D eigenvalue weighted by atomic mass is 10.1. The van der Waals surface area contributed by atoms with Crippen molar-refractivity contribution in [3.05, 3.63) is 36.0 Å². The van der Waals surface area contributed by atoms with Crippen LogP contribution in [0.15, 0.2) is 30.5 Å². The van der Waals surface area contributed by atoms with Crippen LogP contribution in [0.2, 0.25) is 0 Å². The van der Waals surface area contributed by atoms with Crippen molar-refractivity contribution in [1.29, 1.82) is 0 Å². The summed E-state index contributed by atoms with van der Waals surface area (Å²) in [5, 5.41) is 6.70. The van der Waals surface area contributed by atoms with Crippen LogP contribution >= 0.6 is 0 Å². The molecule has 5 nitrogen and oxygen atoms in total. The number of ether oxygens (including phenoxy) is 1. The predicted molar refractivity (Wildman–Crippen MR) is 74.5 cm³/mol. The van der Waals surface area contributed by atoms with E-state index in [-0.39, 0.29) is 0 Å². The number of nitrogen functional groups attached to an aromatic ring is 1. The molecule has 2 heterocycles. The molecule has 2 aromatic rings. The highest BCUT2D eigenvalue weighted by Crippen LogP contribution is 2.24. The number of aromatic amines is 1. The lowest BCUT2D eigenvalue weighted by Crippen LogP contribution is -2.35. The van der Waals surface area contributed by atoms with Gasteiger partial charge in [0.05, 0.1) is 19.4 Å². The molecule has 0 radical (unpaired) electrons. The van der Waals surface area contributed by atoms with Gasteiger partial charge in [-0.05, 0) is 11.1 Å². The molecule has 1 aliphatic rings. The van der Waals surface area contributed by atoms with E-state index in [9.17, 15) is 0 Å². The zero-order valence-electron chi connectivity index (χ0n) is 10.8. The van der Waals surface area contributed by atoms with Gasteiger partial charge < -0.3 is 10.5 Å². The van der Waals surface area contributed by atoms with E-state index in [0.717, 1.165) is 44.0 Å². The maximum Gasteiger partial charge on any atom is 0.126 e. The van der Waals surface area contributed by atoms with E-state index in [2.05, 4.69) is 39.4 Å². The minimum Gasteiger partial charge on any atom is -0.384 e. The van der Waals surface area contributed by atoms with Crippen LogP contribution in [0.3, 0.4) is 0 Å². The molecule has 3 rings (SSSR count). The van der Waals surface area contributed by atoms with Crippen molar-refractivity contribution in [2.45, 2.75) is 6.54 Å². The normalized spacial score (nSPS) is 16.6. The van der Waals surface area contributed by atoms with Crippen molar-refractivity contribution in [2.24, 2.45) is 0 Å². The molecular formula is C14H18N4O. The van der Waals surface area contributed by atoms with Crippen LogP contribution in [-0.2, 0) is 11.3 Å². The standard InChI is InChI=1S/C14H18N4O/c15-14-13(9-16-17-14)12-3-1-11(2-4-12)10-18-5-7-19-8-6-18/h1-4,9H,5-8,10H2,(H3,15,16,17). The van der Waals surface area contributed by atoms with Crippen LogP contribution in [0.5, 0.6) is 0 Å². The Labute approximate surface area is 112 Å². The Balaban J connectivity index is 1.70. The fourth-order valence-electron chi connectivity index (χ4n) is 2.33. The number of nitrogens with zero attached hydrogens (tertiary/aromatic N) is 2. The summed E-state index contributed by atoms with van der Waals surface area (Å²) in [4.78, 5) is 2.41. The van der Waals surface area contributed by atoms with Gasteiger partial charge in [-0.3, -0.25) is 10.00 Å². The van der Waals surface area contributed by atoms with Gasteiger partial charge in [0.15, 0.2) is 0 Å². The zero-order valence-corrected chi connectivity index (χ0v) is 10.8. The van der Waals surface area contributed by atoms with Crippen molar-refractivity contribution in [3.8, 4) is 11.1 Å². The van der Waals surface area contributed by atoms with Crippen LogP contribution in [0.25, 0.3) is 11.1 Å².